The highest BCUT2D eigenvalue weighted by Gasteiger charge is 2.33. The normalized spacial score (nSPS) is 16.3. The van der Waals surface area contributed by atoms with Gasteiger partial charge in [0, 0.05) is 18.7 Å². The standard InChI is InChI=1S/C19H15Cl2FN4O/c1-11-17-23-24-18(12-5-3-2-4-6-12)26(17)10-9-25(11)19(27)13-7-8-14(22)16(21)15(13)20/h2-8,11H,9-10H2,1H3. The Morgan fingerprint density at radius 3 is 2.56 bits per heavy atom. The summed E-state index contributed by atoms with van der Waals surface area (Å²) in [7, 11) is 0. The molecule has 1 amide bonds. The molecule has 5 nitrogen and oxygen atoms in total. The van der Waals surface area contributed by atoms with E-state index in [-0.39, 0.29) is 27.6 Å². The van der Waals surface area contributed by atoms with E-state index in [0.29, 0.717) is 18.9 Å². The summed E-state index contributed by atoms with van der Waals surface area (Å²) in [6.07, 6.45) is 0. The Morgan fingerprint density at radius 1 is 1.07 bits per heavy atom. The SMILES string of the molecule is CC1c2nnc(-c3ccccc3)n2CCN1C(=O)c1ccc(F)c(Cl)c1Cl. The predicted molar refractivity (Wildman–Crippen MR) is 101 cm³/mol. The van der Waals surface area contributed by atoms with Crippen molar-refractivity contribution in [3.05, 3.63) is 69.7 Å². The van der Waals surface area contributed by atoms with Gasteiger partial charge in [-0.05, 0) is 19.1 Å². The van der Waals surface area contributed by atoms with Gasteiger partial charge in [-0.3, -0.25) is 4.79 Å². The lowest BCUT2D eigenvalue weighted by atomic mass is 10.1. The van der Waals surface area contributed by atoms with E-state index in [4.69, 9.17) is 23.2 Å². The van der Waals surface area contributed by atoms with Crippen LogP contribution in [-0.4, -0.2) is 32.1 Å². The topological polar surface area (TPSA) is 51.0 Å². The number of halogens is 3. The Labute approximate surface area is 165 Å². The second-order valence-corrected chi connectivity index (χ2v) is 7.05. The van der Waals surface area contributed by atoms with Crippen molar-refractivity contribution in [2.75, 3.05) is 6.54 Å². The molecular weight excluding hydrogens is 390 g/mol. The molecule has 3 aromatic rings. The monoisotopic (exact) mass is 404 g/mol. The van der Waals surface area contributed by atoms with Gasteiger partial charge >= 0.3 is 0 Å². The molecule has 8 heteroatoms. The van der Waals surface area contributed by atoms with E-state index in [2.05, 4.69) is 10.2 Å². The van der Waals surface area contributed by atoms with Crippen molar-refractivity contribution in [2.24, 2.45) is 0 Å². The molecule has 138 valence electrons. The third-order valence-corrected chi connectivity index (χ3v) is 5.60. The molecule has 27 heavy (non-hydrogen) atoms. The summed E-state index contributed by atoms with van der Waals surface area (Å²) >= 11 is 11.9. The average molecular weight is 405 g/mol. The fraction of sp³-hybridized carbons (Fsp3) is 0.211. The summed E-state index contributed by atoms with van der Waals surface area (Å²) in [6.45, 7) is 2.89. The summed E-state index contributed by atoms with van der Waals surface area (Å²) < 4.78 is 15.6. The molecule has 0 aliphatic carbocycles. The van der Waals surface area contributed by atoms with Crippen molar-refractivity contribution in [1.82, 2.24) is 19.7 Å². The van der Waals surface area contributed by atoms with Gasteiger partial charge in [0.15, 0.2) is 11.6 Å². The molecular formula is C19H15Cl2FN4O. The van der Waals surface area contributed by atoms with E-state index < -0.39 is 5.82 Å². The van der Waals surface area contributed by atoms with Gasteiger partial charge < -0.3 is 9.47 Å². The minimum Gasteiger partial charge on any atom is -0.327 e. The number of carbonyl (C=O) groups is 1. The zero-order chi connectivity index (χ0) is 19.1. The van der Waals surface area contributed by atoms with Crippen LogP contribution in [0.15, 0.2) is 42.5 Å². The third-order valence-electron chi connectivity index (χ3n) is 4.74. The van der Waals surface area contributed by atoms with Crippen LogP contribution in [0.1, 0.15) is 29.1 Å². The van der Waals surface area contributed by atoms with Gasteiger partial charge in [-0.2, -0.15) is 0 Å². The maximum absolute atomic E-state index is 13.5. The van der Waals surface area contributed by atoms with E-state index in [0.717, 1.165) is 17.5 Å². The molecule has 1 aliphatic heterocycles. The van der Waals surface area contributed by atoms with E-state index in [1.54, 1.807) is 4.90 Å². The lowest BCUT2D eigenvalue weighted by Gasteiger charge is -2.34. The van der Waals surface area contributed by atoms with Gasteiger partial charge in [-0.25, -0.2) is 4.39 Å². The molecule has 0 saturated carbocycles. The second-order valence-electron chi connectivity index (χ2n) is 6.30. The number of amides is 1. The molecule has 0 radical (unpaired) electrons. The third kappa shape index (κ3) is 2.99. The number of aromatic nitrogens is 3. The molecule has 0 spiro atoms. The minimum absolute atomic E-state index is 0.0779. The van der Waals surface area contributed by atoms with Crippen molar-refractivity contribution < 1.29 is 9.18 Å². The summed E-state index contributed by atoms with van der Waals surface area (Å²) in [4.78, 5) is 14.6. The fourth-order valence-corrected chi connectivity index (χ4v) is 3.71. The predicted octanol–water partition coefficient (Wildman–Crippen LogP) is 4.61. The number of hydrogen-bond donors (Lipinski definition) is 0. The zero-order valence-corrected chi connectivity index (χ0v) is 15.9. The maximum Gasteiger partial charge on any atom is 0.256 e. The van der Waals surface area contributed by atoms with E-state index >= 15 is 0 Å². The molecule has 0 fully saturated rings. The molecule has 0 N–H and O–H groups in total. The Morgan fingerprint density at radius 2 is 1.81 bits per heavy atom. The van der Waals surface area contributed by atoms with Crippen molar-refractivity contribution in [2.45, 2.75) is 19.5 Å². The first-order chi connectivity index (χ1) is 13.0. The fourth-order valence-electron chi connectivity index (χ4n) is 3.31. The molecule has 1 atom stereocenters. The Hall–Kier alpha value is -2.44. The van der Waals surface area contributed by atoms with Crippen molar-refractivity contribution in [3.63, 3.8) is 0 Å². The molecule has 2 heterocycles. The van der Waals surface area contributed by atoms with E-state index in [1.165, 1.54) is 6.07 Å². The van der Waals surface area contributed by atoms with E-state index in [1.807, 2.05) is 41.8 Å². The molecule has 4 rings (SSSR count). The van der Waals surface area contributed by atoms with Gasteiger partial charge in [-0.15, -0.1) is 10.2 Å². The van der Waals surface area contributed by atoms with Crippen LogP contribution < -0.4 is 0 Å². The Kier molecular flexibility index (Phi) is 4.61. The van der Waals surface area contributed by atoms with E-state index in [9.17, 15) is 9.18 Å². The summed E-state index contributed by atoms with van der Waals surface area (Å²) in [5.41, 5.74) is 1.14. The second kappa shape index (κ2) is 6.94. The summed E-state index contributed by atoms with van der Waals surface area (Å²) in [5.74, 6) is 0.493. The number of nitrogens with zero attached hydrogens (tertiary/aromatic N) is 4. The Bertz CT molecular complexity index is 1020. The molecule has 2 aromatic carbocycles. The van der Waals surface area contributed by atoms with Crippen LogP contribution in [0.25, 0.3) is 11.4 Å². The van der Waals surface area contributed by atoms with Crippen LogP contribution in [0, 0.1) is 5.82 Å². The van der Waals surface area contributed by atoms with Crippen LogP contribution in [0.3, 0.4) is 0 Å². The van der Waals surface area contributed by atoms with Gasteiger partial charge in [0.2, 0.25) is 0 Å². The number of carbonyl (C=O) groups excluding carboxylic acids is 1. The highest BCUT2D eigenvalue weighted by molar-refractivity contribution is 6.43. The number of fused-ring (bicyclic) bond motifs is 1. The van der Waals surface area contributed by atoms with Crippen LogP contribution >= 0.6 is 23.2 Å². The molecule has 1 unspecified atom stereocenters. The number of hydrogen-bond acceptors (Lipinski definition) is 3. The van der Waals surface area contributed by atoms with Gasteiger partial charge in [0.1, 0.15) is 5.82 Å². The minimum atomic E-state index is -0.655. The van der Waals surface area contributed by atoms with Crippen LogP contribution in [0.2, 0.25) is 10.0 Å². The average Bonchev–Trinajstić information content (AvgIpc) is 3.12. The van der Waals surface area contributed by atoms with Gasteiger partial charge in [-0.1, -0.05) is 53.5 Å². The molecule has 1 aromatic heterocycles. The van der Waals surface area contributed by atoms with Crippen molar-refractivity contribution in [3.8, 4) is 11.4 Å². The summed E-state index contributed by atoms with van der Waals surface area (Å²) in [5, 5.41) is 8.27. The van der Waals surface area contributed by atoms with Gasteiger partial charge in [0.05, 0.1) is 21.7 Å². The first-order valence-electron chi connectivity index (χ1n) is 8.42. The van der Waals surface area contributed by atoms with Crippen molar-refractivity contribution >= 4 is 29.1 Å². The van der Waals surface area contributed by atoms with Crippen LogP contribution in [-0.2, 0) is 6.54 Å². The highest BCUT2D eigenvalue weighted by atomic mass is 35.5. The smallest absolute Gasteiger partial charge is 0.256 e. The first-order valence-corrected chi connectivity index (χ1v) is 9.17. The highest BCUT2D eigenvalue weighted by Crippen LogP contribution is 2.33. The Balaban J connectivity index is 1.67. The largest absolute Gasteiger partial charge is 0.327 e. The molecule has 0 saturated heterocycles. The number of benzene rings is 2. The first kappa shape index (κ1) is 17.9. The van der Waals surface area contributed by atoms with Gasteiger partial charge in [0.25, 0.3) is 5.91 Å². The maximum atomic E-state index is 13.5. The lowest BCUT2D eigenvalue weighted by molar-refractivity contribution is 0.0638. The molecule has 1 aliphatic rings. The quantitative estimate of drug-likeness (QED) is 0.586. The zero-order valence-electron chi connectivity index (χ0n) is 14.4. The number of rotatable bonds is 2. The van der Waals surface area contributed by atoms with Crippen LogP contribution in [0.5, 0.6) is 0 Å². The molecule has 0 bridgehead atoms. The summed E-state index contributed by atoms with van der Waals surface area (Å²) in [6, 6.07) is 12.0. The van der Waals surface area contributed by atoms with Crippen molar-refractivity contribution in [1.29, 1.82) is 0 Å². The lowest BCUT2D eigenvalue weighted by Crippen LogP contribution is -2.41. The van der Waals surface area contributed by atoms with Crippen LogP contribution in [0.4, 0.5) is 4.39 Å².